The third kappa shape index (κ3) is 5.39. The molecule has 3 rings (SSSR count). The number of halogens is 2. The summed E-state index contributed by atoms with van der Waals surface area (Å²) in [6, 6.07) is 2.04. The number of hydrogen-bond donors (Lipinski definition) is 1. The predicted octanol–water partition coefficient (Wildman–Crippen LogP) is 4.57. The summed E-state index contributed by atoms with van der Waals surface area (Å²) in [5.74, 6) is -1.46. The lowest BCUT2D eigenvalue weighted by molar-refractivity contribution is 0.0943. The summed E-state index contributed by atoms with van der Waals surface area (Å²) in [5.41, 5.74) is -0.975. The Bertz CT molecular complexity index is 1210. The number of rotatable bonds is 7. The van der Waals surface area contributed by atoms with E-state index >= 15 is 4.39 Å². The van der Waals surface area contributed by atoms with Crippen LogP contribution in [-0.2, 0) is 16.5 Å². The van der Waals surface area contributed by atoms with Gasteiger partial charge in [0.1, 0.15) is 29.4 Å². The highest BCUT2D eigenvalue weighted by Gasteiger charge is 2.38. The predicted molar refractivity (Wildman–Crippen MR) is 121 cm³/mol. The molecule has 10 heteroatoms. The molecule has 0 amide bonds. The molecule has 1 unspecified atom stereocenters. The molecule has 3 aromatic rings. The van der Waals surface area contributed by atoms with Crippen LogP contribution in [0.4, 0.5) is 8.78 Å². The molecule has 1 aromatic carbocycles. The van der Waals surface area contributed by atoms with Crippen LogP contribution in [0, 0.1) is 25.5 Å². The van der Waals surface area contributed by atoms with E-state index in [0.29, 0.717) is 17.2 Å². The zero-order valence-corrected chi connectivity index (χ0v) is 20.1. The number of nitrogens with one attached hydrogen (secondary N) is 1. The van der Waals surface area contributed by atoms with Crippen molar-refractivity contribution in [1.29, 1.82) is 0 Å². The summed E-state index contributed by atoms with van der Waals surface area (Å²) in [5, 5.41) is 0. The van der Waals surface area contributed by atoms with Gasteiger partial charge in [-0.2, -0.15) is 0 Å². The van der Waals surface area contributed by atoms with Gasteiger partial charge in [-0.3, -0.25) is 4.79 Å². The smallest absolute Gasteiger partial charge is 0.191 e. The quantitative estimate of drug-likeness (QED) is 0.502. The zero-order chi connectivity index (χ0) is 24.6. The Labute approximate surface area is 193 Å². The highest BCUT2D eigenvalue weighted by molar-refractivity contribution is 7.84. The van der Waals surface area contributed by atoms with Gasteiger partial charge >= 0.3 is 0 Å². The molecule has 0 radical (unpaired) electrons. The molecule has 0 fully saturated rings. The minimum Gasteiger partial charge on any atom is -0.446 e. The lowest BCUT2D eigenvalue weighted by atomic mass is 9.85. The first-order valence-corrected chi connectivity index (χ1v) is 11.4. The van der Waals surface area contributed by atoms with Gasteiger partial charge in [-0.05, 0) is 40.7 Å². The number of aromatic nitrogens is 3. The lowest BCUT2D eigenvalue weighted by Gasteiger charge is -2.34. The van der Waals surface area contributed by atoms with Gasteiger partial charge in [0.2, 0.25) is 0 Å². The normalized spacial score (nSPS) is 14.7. The molecular weight excluding hydrogens is 450 g/mol. The second kappa shape index (κ2) is 9.18. The molecule has 2 atom stereocenters. The van der Waals surface area contributed by atoms with Crippen LogP contribution in [0.2, 0.25) is 0 Å². The van der Waals surface area contributed by atoms with Gasteiger partial charge in [0.05, 0.1) is 21.3 Å². The van der Waals surface area contributed by atoms with Crippen LogP contribution in [0.15, 0.2) is 35.3 Å². The minimum absolute atomic E-state index is 0.0217. The van der Waals surface area contributed by atoms with Crippen LogP contribution in [0.1, 0.15) is 61.8 Å². The van der Waals surface area contributed by atoms with E-state index in [0.717, 1.165) is 6.07 Å². The maximum absolute atomic E-state index is 15.2. The molecular formula is C23H26F2N4O3S. The van der Waals surface area contributed by atoms with E-state index in [1.54, 1.807) is 41.5 Å². The summed E-state index contributed by atoms with van der Waals surface area (Å²) in [6.45, 7) is 10.0. The SMILES string of the molecule is Cc1nc(C(=O)C[C@](C)(NS(=O)C(C)(C)C)c2cc(-c3cncnc3)c(F)cc2F)c(C)o1. The third-order valence-corrected chi connectivity index (χ3v) is 6.83. The number of carbonyl (C=O) groups is 1. The molecule has 0 aliphatic carbocycles. The van der Waals surface area contributed by atoms with Crippen molar-refractivity contribution in [3.8, 4) is 11.1 Å². The first kappa shape index (κ1) is 24.8. The number of aryl methyl sites for hydroxylation is 2. The van der Waals surface area contributed by atoms with E-state index in [2.05, 4.69) is 19.7 Å². The maximum Gasteiger partial charge on any atom is 0.191 e. The van der Waals surface area contributed by atoms with E-state index in [9.17, 15) is 13.4 Å². The zero-order valence-electron chi connectivity index (χ0n) is 19.3. The molecule has 0 spiro atoms. The molecule has 2 heterocycles. The van der Waals surface area contributed by atoms with E-state index in [1.165, 1.54) is 24.8 Å². The van der Waals surface area contributed by atoms with Crippen molar-refractivity contribution < 1.29 is 22.2 Å². The van der Waals surface area contributed by atoms with Crippen molar-refractivity contribution in [3.05, 3.63) is 65.4 Å². The summed E-state index contributed by atoms with van der Waals surface area (Å²) in [7, 11) is -1.68. The lowest BCUT2D eigenvalue weighted by Crippen LogP contribution is -2.48. The van der Waals surface area contributed by atoms with Crippen molar-refractivity contribution >= 4 is 16.8 Å². The number of Topliss-reactive ketones (excluding diaryl/α,β-unsaturated/α-hetero) is 1. The summed E-state index contributed by atoms with van der Waals surface area (Å²) >= 11 is 0. The highest BCUT2D eigenvalue weighted by atomic mass is 32.2. The number of oxazole rings is 1. The average Bonchev–Trinajstić information content (AvgIpc) is 3.06. The topological polar surface area (TPSA) is 98.0 Å². The van der Waals surface area contributed by atoms with Crippen LogP contribution in [-0.4, -0.2) is 29.7 Å². The molecule has 33 heavy (non-hydrogen) atoms. The molecule has 0 aliphatic heterocycles. The number of benzene rings is 1. The van der Waals surface area contributed by atoms with E-state index in [-0.39, 0.29) is 23.2 Å². The molecule has 7 nitrogen and oxygen atoms in total. The van der Waals surface area contributed by atoms with Gasteiger partial charge in [0, 0.05) is 48.5 Å². The Morgan fingerprint density at radius 1 is 1.09 bits per heavy atom. The standard InChI is InChI=1S/C23H26F2N4O3S/c1-13-21(28-14(2)32-13)20(30)9-23(6,29-33(31)22(3,4)5)17-7-16(18(24)8-19(17)25)15-10-26-12-27-11-15/h7-8,10-12,29H,9H2,1-6H3/t23-,33?/m0/s1. The minimum atomic E-state index is -1.68. The third-order valence-electron chi connectivity index (χ3n) is 5.08. The van der Waals surface area contributed by atoms with Crippen molar-refractivity contribution in [3.63, 3.8) is 0 Å². The van der Waals surface area contributed by atoms with E-state index in [4.69, 9.17) is 4.42 Å². The first-order chi connectivity index (χ1) is 15.3. The molecule has 2 aromatic heterocycles. The summed E-state index contributed by atoms with van der Waals surface area (Å²) in [4.78, 5) is 25.1. The molecule has 0 saturated heterocycles. The Hall–Kier alpha value is -2.85. The highest BCUT2D eigenvalue weighted by Crippen LogP contribution is 2.35. The van der Waals surface area contributed by atoms with Crippen molar-refractivity contribution in [1.82, 2.24) is 19.7 Å². The Kier molecular flexibility index (Phi) is 6.90. The average molecular weight is 477 g/mol. The van der Waals surface area contributed by atoms with Crippen molar-refractivity contribution in [2.45, 2.75) is 58.2 Å². The fraction of sp³-hybridized carbons (Fsp3) is 0.391. The molecule has 0 saturated carbocycles. The van der Waals surface area contributed by atoms with Crippen LogP contribution in [0.25, 0.3) is 11.1 Å². The molecule has 0 aliphatic rings. The van der Waals surface area contributed by atoms with Gasteiger partial charge in [0.25, 0.3) is 0 Å². The second-order valence-electron chi connectivity index (χ2n) is 8.99. The first-order valence-electron chi connectivity index (χ1n) is 10.2. The van der Waals surface area contributed by atoms with Crippen LogP contribution < -0.4 is 4.72 Å². The second-order valence-corrected chi connectivity index (χ2v) is 11.0. The Morgan fingerprint density at radius 3 is 2.27 bits per heavy atom. The van der Waals surface area contributed by atoms with Gasteiger partial charge in [-0.1, -0.05) is 0 Å². The van der Waals surface area contributed by atoms with E-state index in [1.807, 2.05) is 0 Å². The molecule has 176 valence electrons. The Morgan fingerprint density at radius 2 is 1.73 bits per heavy atom. The number of carbonyl (C=O) groups excluding carboxylic acids is 1. The van der Waals surface area contributed by atoms with Crippen molar-refractivity contribution in [2.24, 2.45) is 0 Å². The molecule has 0 bridgehead atoms. The largest absolute Gasteiger partial charge is 0.446 e. The monoisotopic (exact) mass is 476 g/mol. The Balaban J connectivity index is 2.14. The summed E-state index contributed by atoms with van der Waals surface area (Å²) in [6.07, 6.45) is 3.80. The fourth-order valence-corrected chi connectivity index (χ4v) is 4.27. The van der Waals surface area contributed by atoms with Gasteiger partial charge in [-0.25, -0.2) is 32.7 Å². The van der Waals surface area contributed by atoms with Crippen LogP contribution in [0.5, 0.6) is 0 Å². The van der Waals surface area contributed by atoms with Gasteiger partial charge in [0.15, 0.2) is 11.7 Å². The number of nitrogens with zero attached hydrogens (tertiary/aromatic N) is 3. The van der Waals surface area contributed by atoms with Crippen LogP contribution in [0.3, 0.4) is 0 Å². The van der Waals surface area contributed by atoms with Crippen LogP contribution >= 0.6 is 0 Å². The van der Waals surface area contributed by atoms with Gasteiger partial charge < -0.3 is 4.42 Å². The maximum atomic E-state index is 15.2. The summed E-state index contributed by atoms with van der Waals surface area (Å²) < 4.78 is 50.4. The number of ketones is 1. The van der Waals surface area contributed by atoms with E-state index < -0.39 is 38.7 Å². The fourth-order valence-electron chi connectivity index (χ4n) is 3.37. The van der Waals surface area contributed by atoms with Crippen molar-refractivity contribution in [2.75, 3.05) is 0 Å². The number of hydrogen-bond acceptors (Lipinski definition) is 6. The molecule has 1 N–H and O–H groups in total. The van der Waals surface area contributed by atoms with Gasteiger partial charge in [-0.15, -0.1) is 0 Å².